The van der Waals surface area contributed by atoms with Gasteiger partial charge in [-0.2, -0.15) is 0 Å². The highest BCUT2D eigenvalue weighted by molar-refractivity contribution is 5.75. The lowest BCUT2D eigenvalue weighted by Crippen LogP contribution is -2.23. The van der Waals surface area contributed by atoms with Crippen molar-refractivity contribution in [3.05, 3.63) is 0 Å². The Labute approximate surface area is 62.2 Å². The van der Waals surface area contributed by atoms with E-state index in [0.717, 1.165) is 19.6 Å². The molecule has 0 aromatic carbocycles. The van der Waals surface area contributed by atoms with Crippen LogP contribution in [0, 0.1) is 0 Å². The highest BCUT2D eigenvalue weighted by Gasteiger charge is 1.80. The first-order valence-corrected chi connectivity index (χ1v) is 3.32. The van der Waals surface area contributed by atoms with E-state index in [4.69, 9.17) is 5.73 Å². The summed E-state index contributed by atoms with van der Waals surface area (Å²) in [4.78, 5) is 0. The molecule has 3 N–H and O–H groups in total. The largest absolute Gasteiger partial charge is 0.329 e. The van der Waals surface area contributed by atoms with Crippen molar-refractivity contribution in [1.82, 2.24) is 5.32 Å². The first-order valence-electron chi connectivity index (χ1n) is 3.32. The van der Waals surface area contributed by atoms with Gasteiger partial charge in [0.15, 0.2) is 0 Å². The third-order valence-electron chi connectivity index (χ3n) is 1.03. The Morgan fingerprint density at radius 2 is 2.00 bits per heavy atom. The predicted octanol–water partition coefficient (Wildman–Crippen LogP) is -1.12. The molecule has 9 heavy (non-hydrogen) atoms. The Balaban J connectivity index is 0. The molecule has 0 spiro atoms. The Bertz CT molecular complexity index is 36.0. The maximum atomic E-state index is 5.25. The molecule has 0 aliphatic carbocycles. The number of nitrogens with one attached hydrogen (secondary N) is 1. The van der Waals surface area contributed by atoms with Gasteiger partial charge in [-0.15, -0.1) is 0 Å². The molecule has 0 bridgehead atoms. The van der Waals surface area contributed by atoms with Crippen LogP contribution < -0.4 is 11.1 Å². The zero-order valence-electron chi connectivity index (χ0n) is 5.61. The molecule has 0 aliphatic rings. The summed E-state index contributed by atoms with van der Waals surface area (Å²) in [6.07, 6.45) is 2.53. The zero-order chi connectivity index (χ0) is 6.24. The molecule has 0 amide bonds. The Hall–Kier alpha value is 0.137. The summed E-state index contributed by atoms with van der Waals surface area (Å²) in [5.41, 5.74) is 5.25. The highest BCUT2D eigenvalue weighted by atomic mass is 28.1. The third kappa shape index (κ3) is 11.6. The van der Waals surface area contributed by atoms with Gasteiger partial charge in [0.2, 0.25) is 0 Å². The lowest BCUT2D eigenvalue weighted by atomic mass is 10.3. The molecule has 0 aliphatic heterocycles. The first-order chi connectivity index (χ1) is 3.91. The van der Waals surface area contributed by atoms with Gasteiger partial charge in [-0.1, -0.05) is 13.3 Å². The molecule has 2 nitrogen and oxygen atoms in total. The van der Waals surface area contributed by atoms with Gasteiger partial charge >= 0.3 is 0 Å². The lowest BCUT2D eigenvalue weighted by Gasteiger charge is -1.98. The van der Waals surface area contributed by atoms with Crippen molar-refractivity contribution in [3.8, 4) is 0 Å². The lowest BCUT2D eigenvalue weighted by molar-refractivity contribution is 0.645. The highest BCUT2D eigenvalue weighted by Crippen LogP contribution is 1.80. The molecular formula is C6H20N2Si. The summed E-state index contributed by atoms with van der Waals surface area (Å²) in [5, 5.41) is 3.21. The average molecular weight is 148 g/mol. The fraction of sp³-hybridized carbons (Fsp3) is 1.00. The number of hydrogen-bond acceptors (Lipinski definition) is 2. The molecular weight excluding hydrogens is 128 g/mol. The topological polar surface area (TPSA) is 38.0 Å². The monoisotopic (exact) mass is 148 g/mol. The van der Waals surface area contributed by atoms with Gasteiger partial charge in [0, 0.05) is 13.1 Å². The Morgan fingerprint density at radius 3 is 2.44 bits per heavy atom. The number of unbranched alkanes of at least 4 members (excludes halogenated alkanes) is 1. The fourth-order valence-corrected chi connectivity index (χ4v) is 0.529. The van der Waals surface area contributed by atoms with Crippen LogP contribution in [0.5, 0.6) is 0 Å². The van der Waals surface area contributed by atoms with E-state index in [0.29, 0.717) is 0 Å². The van der Waals surface area contributed by atoms with Crippen molar-refractivity contribution in [2.75, 3.05) is 19.6 Å². The fourth-order valence-electron chi connectivity index (χ4n) is 0.529. The van der Waals surface area contributed by atoms with Gasteiger partial charge in [0.25, 0.3) is 0 Å². The quantitative estimate of drug-likeness (QED) is 0.383. The predicted molar refractivity (Wildman–Crippen MR) is 48.2 cm³/mol. The van der Waals surface area contributed by atoms with Crippen LogP contribution in [0.4, 0.5) is 0 Å². The van der Waals surface area contributed by atoms with E-state index < -0.39 is 0 Å². The summed E-state index contributed by atoms with van der Waals surface area (Å²) in [5.74, 6) is 0. The van der Waals surface area contributed by atoms with Crippen LogP contribution in [0.3, 0.4) is 0 Å². The third-order valence-corrected chi connectivity index (χ3v) is 1.03. The molecule has 0 saturated carbocycles. The normalized spacial score (nSPS) is 8.67. The Morgan fingerprint density at radius 1 is 1.33 bits per heavy atom. The molecule has 0 fully saturated rings. The average Bonchev–Trinajstić information content (AvgIpc) is 1.81. The summed E-state index contributed by atoms with van der Waals surface area (Å²) in [7, 11) is 0. The van der Waals surface area contributed by atoms with Gasteiger partial charge in [-0.25, -0.2) is 0 Å². The maximum Gasteiger partial charge on any atom is 0.00745 e. The molecule has 0 aromatic rings. The van der Waals surface area contributed by atoms with E-state index in [1.54, 1.807) is 0 Å². The van der Waals surface area contributed by atoms with Crippen molar-refractivity contribution in [2.45, 2.75) is 19.8 Å². The SMILES string of the molecule is CCCCNCCN.[SiH4]. The number of rotatable bonds is 5. The summed E-state index contributed by atoms with van der Waals surface area (Å²) >= 11 is 0. The van der Waals surface area contributed by atoms with Crippen LogP contribution in [0.25, 0.3) is 0 Å². The minimum atomic E-state index is 0. The van der Waals surface area contributed by atoms with E-state index in [1.807, 2.05) is 0 Å². The van der Waals surface area contributed by atoms with Gasteiger partial charge in [-0.3, -0.25) is 0 Å². The maximum absolute atomic E-state index is 5.25. The molecule has 0 unspecified atom stereocenters. The van der Waals surface area contributed by atoms with E-state index in [9.17, 15) is 0 Å². The smallest absolute Gasteiger partial charge is 0.00745 e. The molecule has 0 heterocycles. The minimum absolute atomic E-state index is 0. The second-order valence-electron chi connectivity index (χ2n) is 1.89. The standard InChI is InChI=1S/C6H16N2.H4Si/c1-2-3-5-8-6-4-7;/h8H,2-7H2,1H3;1H4. The van der Waals surface area contributed by atoms with Crippen LogP contribution >= 0.6 is 0 Å². The number of nitrogens with two attached hydrogens (primary N) is 1. The van der Waals surface area contributed by atoms with E-state index in [-0.39, 0.29) is 11.0 Å². The molecule has 0 saturated heterocycles. The van der Waals surface area contributed by atoms with Crippen molar-refractivity contribution in [1.29, 1.82) is 0 Å². The summed E-state index contributed by atoms with van der Waals surface area (Å²) < 4.78 is 0. The molecule has 0 atom stereocenters. The first kappa shape index (κ1) is 11.9. The van der Waals surface area contributed by atoms with Crippen LogP contribution in [0.2, 0.25) is 0 Å². The number of hydrogen-bond donors (Lipinski definition) is 2. The van der Waals surface area contributed by atoms with Crippen LogP contribution in [0.15, 0.2) is 0 Å². The minimum Gasteiger partial charge on any atom is -0.329 e. The molecule has 0 rings (SSSR count). The van der Waals surface area contributed by atoms with Crippen LogP contribution in [-0.4, -0.2) is 30.6 Å². The van der Waals surface area contributed by atoms with Crippen LogP contribution in [-0.2, 0) is 0 Å². The van der Waals surface area contributed by atoms with Gasteiger partial charge in [0.05, 0.1) is 0 Å². The van der Waals surface area contributed by atoms with Crippen molar-refractivity contribution in [2.24, 2.45) is 5.73 Å². The molecule has 3 heteroatoms. The van der Waals surface area contributed by atoms with E-state index >= 15 is 0 Å². The van der Waals surface area contributed by atoms with Gasteiger partial charge in [0.1, 0.15) is 0 Å². The van der Waals surface area contributed by atoms with Gasteiger partial charge in [-0.05, 0) is 23.9 Å². The summed E-state index contributed by atoms with van der Waals surface area (Å²) in [6.45, 7) is 5.02. The van der Waals surface area contributed by atoms with Crippen molar-refractivity contribution >= 4 is 11.0 Å². The Kier molecular flexibility index (Phi) is 14.5. The second kappa shape index (κ2) is 11.0. The molecule has 58 valence electrons. The van der Waals surface area contributed by atoms with Crippen LogP contribution in [0.1, 0.15) is 19.8 Å². The zero-order valence-corrected chi connectivity index (χ0v) is 5.61. The second-order valence-corrected chi connectivity index (χ2v) is 1.89. The van der Waals surface area contributed by atoms with Gasteiger partial charge < -0.3 is 11.1 Å². The van der Waals surface area contributed by atoms with Crippen molar-refractivity contribution < 1.29 is 0 Å². The van der Waals surface area contributed by atoms with E-state index in [1.165, 1.54) is 12.8 Å². The molecule has 0 radical (unpaired) electrons. The summed E-state index contributed by atoms with van der Waals surface area (Å²) in [6, 6.07) is 0. The van der Waals surface area contributed by atoms with Crippen molar-refractivity contribution in [3.63, 3.8) is 0 Å². The molecule has 0 aromatic heterocycles. The van der Waals surface area contributed by atoms with E-state index in [2.05, 4.69) is 12.2 Å².